The molecule has 0 aliphatic rings. The van der Waals surface area contributed by atoms with Crippen molar-refractivity contribution in [1.29, 1.82) is 0 Å². The molecule has 126 valence electrons. The monoisotopic (exact) mass is 335 g/mol. The van der Waals surface area contributed by atoms with Crippen LogP contribution in [0.15, 0.2) is 66.7 Å². The summed E-state index contributed by atoms with van der Waals surface area (Å²) in [7, 11) is 0. The molecule has 0 unspecified atom stereocenters. The summed E-state index contributed by atoms with van der Waals surface area (Å²) >= 11 is 0. The third-order valence-corrected chi connectivity index (χ3v) is 3.78. The fourth-order valence-corrected chi connectivity index (χ4v) is 2.42. The van der Waals surface area contributed by atoms with Gasteiger partial charge < -0.3 is 15.2 Å². The first kappa shape index (κ1) is 16.5. The van der Waals surface area contributed by atoms with Crippen LogP contribution >= 0.6 is 0 Å². The number of carbonyl (C=O) groups excluding carboxylic acids is 1. The number of rotatable bonds is 6. The summed E-state index contributed by atoms with van der Waals surface area (Å²) in [4.78, 5) is 22.7. The first-order valence-corrected chi connectivity index (χ1v) is 7.82. The first-order chi connectivity index (χ1) is 12.1. The van der Waals surface area contributed by atoms with Crippen LogP contribution in [0.3, 0.4) is 0 Å². The number of ether oxygens (including phenoxy) is 1. The number of hydrogen-bond donors (Lipinski definition) is 2. The van der Waals surface area contributed by atoms with E-state index in [1.165, 1.54) is 12.1 Å². The van der Waals surface area contributed by atoms with E-state index in [0.717, 1.165) is 16.3 Å². The van der Waals surface area contributed by atoms with E-state index < -0.39 is 5.97 Å². The maximum atomic E-state index is 11.9. The van der Waals surface area contributed by atoms with Gasteiger partial charge in [0.15, 0.2) is 6.61 Å². The van der Waals surface area contributed by atoms with Gasteiger partial charge in [0.05, 0.1) is 5.56 Å². The summed E-state index contributed by atoms with van der Waals surface area (Å²) in [6, 6.07) is 20.0. The van der Waals surface area contributed by atoms with Gasteiger partial charge in [0, 0.05) is 6.54 Å². The third kappa shape index (κ3) is 4.35. The summed E-state index contributed by atoms with van der Waals surface area (Å²) in [5, 5.41) is 13.8. The number of carboxylic acids is 1. The molecule has 5 nitrogen and oxygen atoms in total. The lowest BCUT2D eigenvalue weighted by atomic mass is 10.1. The molecule has 0 saturated heterocycles. The van der Waals surface area contributed by atoms with Crippen molar-refractivity contribution in [2.45, 2.75) is 6.54 Å². The molecule has 25 heavy (non-hydrogen) atoms. The molecule has 0 fully saturated rings. The molecule has 5 heteroatoms. The van der Waals surface area contributed by atoms with Gasteiger partial charge in [0.1, 0.15) is 5.75 Å². The second-order valence-corrected chi connectivity index (χ2v) is 5.58. The van der Waals surface area contributed by atoms with Crippen LogP contribution in [0.5, 0.6) is 5.75 Å². The van der Waals surface area contributed by atoms with Crippen molar-refractivity contribution in [1.82, 2.24) is 5.32 Å². The molecule has 1 amide bonds. The Hall–Kier alpha value is -3.34. The maximum absolute atomic E-state index is 11.9. The Morgan fingerprint density at radius 2 is 1.64 bits per heavy atom. The van der Waals surface area contributed by atoms with Crippen LogP contribution in [-0.2, 0) is 11.3 Å². The molecule has 0 heterocycles. The molecular weight excluding hydrogens is 318 g/mol. The van der Waals surface area contributed by atoms with Crippen LogP contribution in [0.2, 0.25) is 0 Å². The largest absolute Gasteiger partial charge is 0.484 e. The summed E-state index contributed by atoms with van der Waals surface area (Å²) in [6.45, 7) is 0.241. The normalized spacial score (nSPS) is 10.4. The Morgan fingerprint density at radius 3 is 2.36 bits per heavy atom. The number of amides is 1. The summed E-state index contributed by atoms with van der Waals surface area (Å²) in [6.07, 6.45) is 0. The van der Waals surface area contributed by atoms with Gasteiger partial charge in [-0.05, 0) is 40.6 Å². The molecule has 3 aromatic carbocycles. The van der Waals surface area contributed by atoms with Crippen molar-refractivity contribution in [3.63, 3.8) is 0 Å². The standard InChI is InChI=1S/C20H17NO4/c22-19(21-12-14-5-7-16(8-6-14)20(23)24)13-25-18-10-9-15-3-1-2-4-17(15)11-18/h1-11H,12-13H2,(H,21,22)(H,23,24). The average Bonchev–Trinajstić information content (AvgIpc) is 2.65. The topological polar surface area (TPSA) is 75.6 Å². The number of hydrogen-bond acceptors (Lipinski definition) is 3. The van der Waals surface area contributed by atoms with E-state index in [0.29, 0.717) is 12.3 Å². The van der Waals surface area contributed by atoms with Crippen LogP contribution in [0.25, 0.3) is 10.8 Å². The van der Waals surface area contributed by atoms with Crippen molar-refractivity contribution >= 4 is 22.6 Å². The van der Waals surface area contributed by atoms with Gasteiger partial charge in [0.2, 0.25) is 0 Å². The lowest BCUT2D eigenvalue weighted by Gasteiger charge is -2.08. The van der Waals surface area contributed by atoms with Crippen LogP contribution < -0.4 is 10.1 Å². The molecule has 0 aromatic heterocycles. The Balaban J connectivity index is 1.51. The van der Waals surface area contributed by atoms with E-state index in [4.69, 9.17) is 9.84 Å². The van der Waals surface area contributed by atoms with E-state index >= 15 is 0 Å². The molecule has 0 aliphatic heterocycles. The number of nitrogens with one attached hydrogen (secondary N) is 1. The highest BCUT2D eigenvalue weighted by atomic mass is 16.5. The molecular formula is C20H17NO4. The molecule has 3 aromatic rings. The van der Waals surface area contributed by atoms with Gasteiger partial charge in [0.25, 0.3) is 5.91 Å². The summed E-state index contributed by atoms with van der Waals surface area (Å²) < 4.78 is 5.53. The highest BCUT2D eigenvalue weighted by Gasteiger charge is 2.05. The Bertz CT molecular complexity index is 903. The van der Waals surface area contributed by atoms with E-state index in [1.54, 1.807) is 12.1 Å². The molecule has 2 N–H and O–H groups in total. The SMILES string of the molecule is O=C(COc1ccc2ccccc2c1)NCc1ccc(C(=O)O)cc1. The number of fused-ring (bicyclic) bond motifs is 1. The van der Waals surface area contributed by atoms with Gasteiger partial charge in [-0.25, -0.2) is 4.79 Å². The van der Waals surface area contributed by atoms with Gasteiger partial charge in [-0.15, -0.1) is 0 Å². The van der Waals surface area contributed by atoms with Crippen LogP contribution in [0.1, 0.15) is 15.9 Å². The van der Waals surface area contributed by atoms with Gasteiger partial charge in [-0.3, -0.25) is 4.79 Å². The molecule has 0 spiro atoms. The minimum absolute atomic E-state index is 0.0778. The van der Waals surface area contributed by atoms with E-state index in [2.05, 4.69) is 5.32 Å². The predicted molar refractivity (Wildman–Crippen MR) is 94.7 cm³/mol. The predicted octanol–water partition coefficient (Wildman–Crippen LogP) is 3.23. The van der Waals surface area contributed by atoms with Crippen molar-refractivity contribution in [2.24, 2.45) is 0 Å². The molecule has 0 saturated carbocycles. The molecule has 0 bridgehead atoms. The first-order valence-electron chi connectivity index (χ1n) is 7.82. The maximum Gasteiger partial charge on any atom is 0.335 e. The van der Waals surface area contributed by atoms with E-state index in [9.17, 15) is 9.59 Å². The Labute approximate surface area is 144 Å². The van der Waals surface area contributed by atoms with Gasteiger partial charge in [-0.2, -0.15) is 0 Å². The molecule has 0 aliphatic carbocycles. The third-order valence-electron chi connectivity index (χ3n) is 3.78. The van der Waals surface area contributed by atoms with Crippen molar-refractivity contribution in [3.05, 3.63) is 77.9 Å². The minimum Gasteiger partial charge on any atom is -0.484 e. The van der Waals surface area contributed by atoms with Crippen molar-refractivity contribution in [2.75, 3.05) is 6.61 Å². The average molecular weight is 335 g/mol. The number of aromatic carboxylic acids is 1. The fourth-order valence-electron chi connectivity index (χ4n) is 2.42. The smallest absolute Gasteiger partial charge is 0.335 e. The number of carboxylic acid groups (broad SMARTS) is 1. The minimum atomic E-state index is -0.973. The zero-order valence-corrected chi connectivity index (χ0v) is 13.4. The molecule has 3 rings (SSSR count). The van der Waals surface area contributed by atoms with Crippen molar-refractivity contribution < 1.29 is 19.4 Å². The highest BCUT2D eigenvalue weighted by molar-refractivity contribution is 5.87. The van der Waals surface area contributed by atoms with Crippen LogP contribution in [0, 0.1) is 0 Å². The lowest BCUT2D eigenvalue weighted by Crippen LogP contribution is -2.28. The Kier molecular flexibility index (Phi) is 4.95. The zero-order chi connectivity index (χ0) is 17.6. The van der Waals surface area contributed by atoms with Gasteiger partial charge in [-0.1, -0.05) is 42.5 Å². The van der Waals surface area contributed by atoms with Crippen LogP contribution in [0.4, 0.5) is 0 Å². The number of benzene rings is 3. The number of carbonyl (C=O) groups is 2. The second kappa shape index (κ2) is 7.49. The van der Waals surface area contributed by atoms with E-state index in [1.807, 2.05) is 42.5 Å². The summed E-state index contributed by atoms with van der Waals surface area (Å²) in [5.74, 6) is -0.575. The Morgan fingerprint density at radius 1 is 0.920 bits per heavy atom. The molecule has 0 atom stereocenters. The van der Waals surface area contributed by atoms with Crippen LogP contribution in [-0.4, -0.2) is 23.6 Å². The lowest BCUT2D eigenvalue weighted by molar-refractivity contribution is -0.123. The highest BCUT2D eigenvalue weighted by Crippen LogP contribution is 2.20. The molecule has 0 radical (unpaired) electrons. The zero-order valence-electron chi connectivity index (χ0n) is 13.4. The van der Waals surface area contributed by atoms with Crippen molar-refractivity contribution in [3.8, 4) is 5.75 Å². The van der Waals surface area contributed by atoms with Gasteiger partial charge >= 0.3 is 5.97 Å². The fraction of sp³-hybridized carbons (Fsp3) is 0.100. The summed E-state index contributed by atoms with van der Waals surface area (Å²) in [5.41, 5.74) is 1.04. The quantitative estimate of drug-likeness (QED) is 0.725. The van der Waals surface area contributed by atoms with E-state index in [-0.39, 0.29) is 18.1 Å². The second-order valence-electron chi connectivity index (χ2n) is 5.58.